The van der Waals surface area contributed by atoms with Crippen molar-refractivity contribution in [2.24, 2.45) is 11.8 Å². The molecule has 0 aromatic heterocycles. The Kier molecular flexibility index (Phi) is 7.44. The summed E-state index contributed by atoms with van der Waals surface area (Å²) in [4.78, 5) is 48.0. The van der Waals surface area contributed by atoms with Crippen LogP contribution in [0, 0.1) is 11.8 Å². The molecule has 1 unspecified atom stereocenters. The summed E-state index contributed by atoms with van der Waals surface area (Å²) in [7, 11) is 0. The highest BCUT2D eigenvalue weighted by molar-refractivity contribution is 6.03. The number of rotatable bonds is 7. The average molecular weight is 550 g/mol. The molecule has 4 heterocycles. The minimum atomic E-state index is -1.23. The molecule has 3 amide bonds. The summed E-state index contributed by atoms with van der Waals surface area (Å²) in [6, 6.07) is 6.66. The molecule has 1 saturated carbocycles. The number of amides is 3. The Morgan fingerprint density at radius 1 is 1.00 bits per heavy atom. The van der Waals surface area contributed by atoms with Gasteiger partial charge in [-0.15, -0.1) is 0 Å². The molecule has 40 heavy (non-hydrogen) atoms. The molecular weight excluding hydrogens is 510 g/mol. The Morgan fingerprint density at radius 3 is 2.50 bits per heavy atom. The van der Waals surface area contributed by atoms with Gasteiger partial charge in [0, 0.05) is 38.0 Å². The topological polar surface area (TPSA) is 99.6 Å². The third-order valence-electron chi connectivity index (χ3n) is 9.22. The molecule has 2 saturated heterocycles. The van der Waals surface area contributed by atoms with Crippen LogP contribution in [0.1, 0.15) is 45.4 Å². The minimum Gasteiger partial charge on any atom is -0.494 e. The molecule has 0 radical (unpaired) electrons. The molecule has 6 rings (SSSR count). The SMILES string of the molecule is CCOc1ccc(N2CC=C[C@H]3O[C@]45C=CCN(C6CCCCC6)C(=O)C4N(CCCO)C(=O)[C@@H]5[C@H]3C2=O)cc1. The smallest absolute Gasteiger partial charge is 0.249 e. The van der Waals surface area contributed by atoms with Gasteiger partial charge in [0.25, 0.3) is 0 Å². The molecule has 0 bridgehead atoms. The number of likely N-dealkylation sites (tertiary alicyclic amines) is 1. The molecule has 1 aromatic carbocycles. The van der Waals surface area contributed by atoms with Crippen LogP contribution in [0.15, 0.2) is 48.6 Å². The highest BCUT2D eigenvalue weighted by Gasteiger charge is 2.71. The van der Waals surface area contributed by atoms with E-state index in [0.29, 0.717) is 26.1 Å². The van der Waals surface area contributed by atoms with E-state index in [1.807, 2.05) is 60.4 Å². The lowest BCUT2D eigenvalue weighted by Crippen LogP contribution is -2.57. The number of benzene rings is 1. The van der Waals surface area contributed by atoms with Crippen LogP contribution in [-0.4, -0.2) is 89.3 Å². The van der Waals surface area contributed by atoms with E-state index in [-0.39, 0.29) is 36.9 Å². The maximum atomic E-state index is 14.3. The molecule has 9 heteroatoms. The zero-order chi connectivity index (χ0) is 27.9. The molecule has 3 fully saturated rings. The maximum absolute atomic E-state index is 14.3. The van der Waals surface area contributed by atoms with Crippen molar-refractivity contribution >= 4 is 23.4 Å². The van der Waals surface area contributed by atoms with Gasteiger partial charge in [0.2, 0.25) is 17.7 Å². The standard InChI is InChI=1S/C31H39N3O6/c1-2-39-23-14-12-22(13-15-23)32-17-6-11-24-25(28(32)36)26-29(37)34(19-8-20-35)27-30(38)33(21-9-4-3-5-10-21)18-7-16-31(26,27)40-24/h6-7,11-16,21,24-27,35H,2-5,8-10,17-20H2,1H3/t24-,25+,26+,27?,31+/m1/s1. The lowest BCUT2D eigenvalue weighted by Gasteiger charge is -2.39. The van der Waals surface area contributed by atoms with E-state index in [1.165, 1.54) is 6.42 Å². The van der Waals surface area contributed by atoms with Crippen LogP contribution >= 0.6 is 0 Å². The number of hydrogen-bond donors (Lipinski definition) is 1. The molecule has 1 aliphatic carbocycles. The fraction of sp³-hybridized carbons (Fsp3) is 0.581. The van der Waals surface area contributed by atoms with E-state index in [9.17, 15) is 19.5 Å². The third-order valence-corrected chi connectivity index (χ3v) is 9.22. The summed E-state index contributed by atoms with van der Waals surface area (Å²) >= 11 is 0. The summed E-state index contributed by atoms with van der Waals surface area (Å²) in [6.07, 6.45) is 12.7. The second-order valence-corrected chi connectivity index (χ2v) is 11.4. The van der Waals surface area contributed by atoms with Gasteiger partial charge in [-0.2, -0.15) is 0 Å². The summed E-state index contributed by atoms with van der Waals surface area (Å²) < 4.78 is 12.3. The Morgan fingerprint density at radius 2 is 1.77 bits per heavy atom. The summed E-state index contributed by atoms with van der Waals surface area (Å²) in [5.41, 5.74) is -0.515. The largest absolute Gasteiger partial charge is 0.494 e. The first-order valence-corrected chi connectivity index (χ1v) is 14.8. The number of carbonyl (C=O) groups is 3. The van der Waals surface area contributed by atoms with Gasteiger partial charge in [-0.05, 0) is 50.5 Å². The predicted molar refractivity (Wildman–Crippen MR) is 149 cm³/mol. The molecule has 1 N–H and O–H groups in total. The number of carbonyl (C=O) groups excluding carboxylic acids is 3. The van der Waals surface area contributed by atoms with Gasteiger partial charge >= 0.3 is 0 Å². The van der Waals surface area contributed by atoms with E-state index in [0.717, 1.165) is 37.1 Å². The van der Waals surface area contributed by atoms with E-state index >= 15 is 0 Å². The Labute approximate surface area is 235 Å². The molecule has 1 spiro atoms. The number of fused-ring (bicyclic) bond motifs is 2. The number of nitrogens with zero attached hydrogens (tertiary/aromatic N) is 3. The highest BCUT2D eigenvalue weighted by Crippen LogP contribution is 2.54. The number of aliphatic hydroxyl groups excluding tert-OH is 1. The zero-order valence-corrected chi connectivity index (χ0v) is 23.1. The molecule has 214 valence electrons. The van der Waals surface area contributed by atoms with Crippen molar-refractivity contribution in [2.45, 2.75) is 69.2 Å². The Bertz CT molecular complexity index is 1190. The molecular formula is C31H39N3O6. The van der Waals surface area contributed by atoms with Crippen LogP contribution in [0.2, 0.25) is 0 Å². The normalized spacial score (nSPS) is 32.1. The Balaban J connectivity index is 1.36. The predicted octanol–water partition coefficient (Wildman–Crippen LogP) is 2.68. The van der Waals surface area contributed by atoms with Gasteiger partial charge in [-0.25, -0.2) is 0 Å². The van der Waals surface area contributed by atoms with Crippen LogP contribution in [0.3, 0.4) is 0 Å². The van der Waals surface area contributed by atoms with Gasteiger partial charge in [-0.1, -0.05) is 43.6 Å². The second kappa shape index (κ2) is 11.0. The second-order valence-electron chi connectivity index (χ2n) is 11.4. The van der Waals surface area contributed by atoms with Crippen molar-refractivity contribution < 1.29 is 29.0 Å². The molecule has 5 atom stereocenters. The minimum absolute atomic E-state index is 0.0926. The number of aliphatic hydroxyl groups is 1. The summed E-state index contributed by atoms with van der Waals surface area (Å²) in [5, 5.41) is 9.61. The fourth-order valence-electron chi connectivity index (χ4n) is 7.48. The number of hydrogen-bond acceptors (Lipinski definition) is 6. The lowest BCUT2D eigenvalue weighted by atomic mass is 9.77. The van der Waals surface area contributed by atoms with Crippen LogP contribution in [0.5, 0.6) is 5.75 Å². The van der Waals surface area contributed by atoms with Gasteiger partial charge < -0.3 is 29.3 Å². The fourth-order valence-corrected chi connectivity index (χ4v) is 7.48. The van der Waals surface area contributed by atoms with Crippen molar-refractivity contribution in [3.8, 4) is 5.75 Å². The monoisotopic (exact) mass is 549 g/mol. The van der Waals surface area contributed by atoms with Crippen LogP contribution < -0.4 is 9.64 Å². The molecule has 9 nitrogen and oxygen atoms in total. The van der Waals surface area contributed by atoms with Crippen molar-refractivity contribution in [1.29, 1.82) is 0 Å². The average Bonchev–Trinajstić information content (AvgIpc) is 3.28. The van der Waals surface area contributed by atoms with Crippen molar-refractivity contribution in [3.05, 3.63) is 48.6 Å². The third kappa shape index (κ3) is 4.34. The first-order chi connectivity index (χ1) is 19.5. The van der Waals surface area contributed by atoms with E-state index < -0.39 is 29.6 Å². The Hall–Kier alpha value is -3.17. The van der Waals surface area contributed by atoms with E-state index in [4.69, 9.17) is 9.47 Å². The van der Waals surface area contributed by atoms with E-state index in [2.05, 4.69) is 0 Å². The van der Waals surface area contributed by atoms with Gasteiger partial charge in [0.1, 0.15) is 17.4 Å². The molecule has 4 aliphatic heterocycles. The number of anilines is 1. The van der Waals surface area contributed by atoms with Crippen LogP contribution in [0.25, 0.3) is 0 Å². The summed E-state index contributed by atoms with van der Waals surface area (Å²) in [6.45, 7) is 3.45. The molecule has 1 aromatic rings. The van der Waals surface area contributed by atoms with Crippen LogP contribution in [-0.2, 0) is 19.1 Å². The van der Waals surface area contributed by atoms with Crippen molar-refractivity contribution in [3.63, 3.8) is 0 Å². The number of ether oxygens (including phenoxy) is 2. The van der Waals surface area contributed by atoms with E-state index in [1.54, 1.807) is 9.80 Å². The van der Waals surface area contributed by atoms with Gasteiger partial charge in [0.05, 0.1) is 24.5 Å². The summed E-state index contributed by atoms with van der Waals surface area (Å²) in [5.74, 6) is -1.41. The first-order valence-electron chi connectivity index (χ1n) is 14.8. The van der Waals surface area contributed by atoms with Crippen molar-refractivity contribution in [1.82, 2.24) is 9.80 Å². The van der Waals surface area contributed by atoms with Gasteiger partial charge in [-0.3, -0.25) is 14.4 Å². The highest BCUT2D eigenvalue weighted by atomic mass is 16.5. The lowest BCUT2D eigenvalue weighted by molar-refractivity contribution is -0.149. The van der Waals surface area contributed by atoms with Crippen LogP contribution in [0.4, 0.5) is 5.69 Å². The first kappa shape index (κ1) is 27.0. The quantitative estimate of drug-likeness (QED) is 0.525. The zero-order valence-electron chi connectivity index (χ0n) is 23.1. The molecule has 5 aliphatic rings. The van der Waals surface area contributed by atoms with Gasteiger partial charge in [0.15, 0.2) is 0 Å². The van der Waals surface area contributed by atoms with Crippen molar-refractivity contribution in [2.75, 3.05) is 37.7 Å². The maximum Gasteiger partial charge on any atom is 0.249 e.